The molecule has 1 aliphatic carbocycles. The van der Waals surface area contributed by atoms with Gasteiger partial charge >= 0.3 is 0 Å². The molecule has 3 rings (SSSR count). The van der Waals surface area contributed by atoms with E-state index < -0.39 is 0 Å². The van der Waals surface area contributed by atoms with Crippen molar-refractivity contribution in [1.82, 2.24) is 10.2 Å². The lowest BCUT2D eigenvalue weighted by atomic mass is 9.97. The number of likely N-dealkylation sites (tertiary alicyclic amines) is 1. The molecule has 3 heteroatoms. The number of rotatable bonds is 7. The summed E-state index contributed by atoms with van der Waals surface area (Å²) in [7, 11) is 2.05. The minimum atomic E-state index is 0.810. The second kappa shape index (κ2) is 7.28. The molecule has 116 valence electrons. The Kier molecular flexibility index (Phi) is 5.15. The third-order valence-corrected chi connectivity index (χ3v) is 4.61. The van der Waals surface area contributed by atoms with E-state index in [0.29, 0.717) is 0 Å². The zero-order valence-corrected chi connectivity index (χ0v) is 13.2. The van der Waals surface area contributed by atoms with Crippen LogP contribution in [0.3, 0.4) is 0 Å². The van der Waals surface area contributed by atoms with Gasteiger partial charge in [-0.1, -0.05) is 12.1 Å². The molecule has 0 radical (unpaired) electrons. The summed E-state index contributed by atoms with van der Waals surface area (Å²) in [5, 5.41) is 3.31. The number of piperidine rings is 1. The van der Waals surface area contributed by atoms with Crippen LogP contribution in [0.15, 0.2) is 24.3 Å². The summed E-state index contributed by atoms with van der Waals surface area (Å²) in [6.45, 7) is 5.58. The van der Waals surface area contributed by atoms with Crippen LogP contribution in [-0.4, -0.2) is 38.2 Å². The Hall–Kier alpha value is -1.06. The zero-order valence-electron chi connectivity index (χ0n) is 13.2. The van der Waals surface area contributed by atoms with Crippen LogP contribution in [-0.2, 0) is 6.54 Å². The maximum atomic E-state index is 5.80. The van der Waals surface area contributed by atoms with E-state index in [9.17, 15) is 0 Å². The number of hydrogen-bond donors (Lipinski definition) is 1. The number of hydrogen-bond acceptors (Lipinski definition) is 3. The van der Waals surface area contributed by atoms with E-state index in [2.05, 4.69) is 41.5 Å². The summed E-state index contributed by atoms with van der Waals surface area (Å²) in [6, 6.07) is 8.72. The number of nitrogens with zero attached hydrogens (tertiary/aromatic N) is 1. The summed E-state index contributed by atoms with van der Waals surface area (Å²) in [5.74, 6) is 2.66. The number of nitrogens with one attached hydrogen (secondary N) is 1. The molecule has 1 heterocycles. The Labute approximate surface area is 128 Å². The molecule has 0 amide bonds. The standard InChI is InChI=1S/C18H28N2O/c1-19-11-17-3-2-10-20(13-17)12-15-6-8-18(9-7-15)21-14-16-4-5-16/h6-9,16-17,19H,2-5,10-14H2,1H3. The molecule has 21 heavy (non-hydrogen) atoms. The minimum absolute atomic E-state index is 0.810. The van der Waals surface area contributed by atoms with E-state index in [0.717, 1.165) is 37.3 Å². The van der Waals surface area contributed by atoms with Gasteiger partial charge < -0.3 is 10.1 Å². The van der Waals surface area contributed by atoms with Crippen LogP contribution >= 0.6 is 0 Å². The third-order valence-electron chi connectivity index (χ3n) is 4.61. The van der Waals surface area contributed by atoms with Gasteiger partial charge in [0.1, 0.15) is 5.75 Å². The predicted octanol–water partition coefficient (Wildman–Crippen LogP) is 2.91. The zero-order chi connectivity index (χ0) is 14.5. The van der Waals surface area contributed by atoms with E-state index in [4.69, 9.17) is 4.74 Å². The van der Waals surface area contributed by atoms with Crippen molar-refractivity contribution in [3.05, 3.63) is 29.8 Å². The second-order valence-electron chi connectivity index (χ2n) is 6.70. The van der Waals surface area contributed by atoms with E-state index in [1.165, 1.54) is 44.3 Å². The third kappa shape index (κ3) is 4.72. The second-order valence-corrected chi connectivity index (χ2v) is 6.70. The van der Waals surface area contributed by atoms with Crippen LogP contribution in [0.1, 0.15) is 31.2 Å². The molecule has 0 spiro atoms. The molecule has 1 saturated carbocycles. The van der Waals surface area contributed by atoms with Gasteiger partial charge in [-0.2, -0.15) is 0 Å². The Morgan fingerprint density at radius 2 is 1.95 bits per heavy atom. The monoisotopic (exact) mass is 288 g/mol. The molecular formula is C18H28N2O. The van der Waals surface area contributed by atoms with Crippen LogP contribution < -0.4 is 10.1 Å². The lowest BCUT2D eigenvalue weighted by Gasteiger charge is -2.32. The first-order chi connectivity index (χ1) is 10.3. The lowest BCUT2D eigenvalue weighted by Crippen LogP contribution is -2.38. The molecule has 1 aromatic carbocycles. The number of ether oxygens (including phenoxy) is 1. The summed E-state index contributed by atoms with van der Waals surface area (Å²) in [4.78, 5) is 2.59. The van der Waals surface area contributed by atoms with Crippen molar-refractivity contribution in [2.24, 2.45) is 11.8 Å². The Morgan fingerprint density at radius 1 is 1.14 bits per heavy atom. The highest BCUT2D eigenvalue weighted by Crippen LogP contribution is 2.29. The first-order valence-corrected chi connectivity index (χ1v) is 8.42. The van der Waals surface area contributed by atoms with Crippen LogP contribution in [0.2, 0.25) is 0 Å². The maximum absolute atomic E-state index is 5.80. The highest BCUT2D eigenvalue weighted by Gasteiger charge is 2.22. The lowest BCUT2D eigenvalue weighted by molar-refractivity contribution is 0.167. The fourth-order valence-electron chi connectivity index (χ4n) is 3.20. The SMILES string of the molecule is CNCC1CCCN(Cc2ccc(OCC3CC3)cc2)C1. The van der Waals surface area contributed by atoms with E-state index in [1.54, 1.807) is 0 Å². The fourth-order valence-corrected chi connectivity index (χ4v) is 3.20. The van der Waals surface area contributed by atoms with E-state index in [-0.39, 0.29) is 0 Å². The van der Waals surface area contributed by atoms with Crippen molar-refractivity contribution in [1.29, 1.82) is 0 Å². The summed E-state index contributed by atoms with van der Waals surface area (Å²) >= 11 is 0. The molecule has 3 nitrogen and oxygen atoms in total. The van der Waals surface area contributed by atoms with Gasteiger partial charge in [-0.05, 0) is 75.4 Å². The Morgan fingerprint density at radius 3 is 2.67 bits per heavy atom. The van der Waals surface area contributed by atoms with Crippen molar-refractivity contribution in [3.63, 3.8) is 0 Å². The first kappa shape index (κ1) is 14.9. The topological polar surface area (TPSA) is 24.5 Å². The summed E-state index contributed by atoms with van der Waals surface area (Å²) in [6.07, 6.45) is 5.39. The Balaban J connectivity index is 1.47. The minimum Gasteiger partial charge on any atom is -0.493 e. The van der Waals surface area contributed by atoms with Crippen LogP contribution in [0.5, 0.6) is 5.75 Å². The van der Waals surface area contributed by atoms with Crippen molar-refractivity contribution >= 4 is 0 Å². The molecule has 1 aliphatic heterocycles. The average molecular weight is 288 g/mol. The van der Waals surface area contributed by atoms with Gasteiger partial charge in [-0.3, -0.25) is 4.90 Å². The van der Waals surface area contributed by atoms with Crippen LogP contribution in [0.25, 0.3) is 0 Å². The smallest absolute Gasteiger partial charge is 0.119 e. The Bertz CT molecular complexity index is 425. The normalized spacial score (nSPS) is 23.2. The molecule has 1 unspecified atom stereocenters. The summed E-state index contributed by atoms with van der Waals surface area (Å²) in [5.41, 5.74) is 1.40. The highest BCUT2D eigenvalue weighted by atomic mass is 16.5. The van der Waals surface area contributed by atoms with Crippen LogP contribution in [0.4, 0.5) is 0 Å². The van der Waals surface area contributed by atoms with E-state index >= 15 is 0 Å². The molecule has 0 bridgehead atoms. The highest BCUT2D eigenvalue weighted by molar-refractivity contribution is 5.27. The quantitative estimate of drug-likeness (QED) is 0.835. The van der Waals surface area contributed by atoms with Gasteiger partial charge in [0.15, 0.2) is 0 Å². The van der Waals surface area contributed by atoms with Gasteiger partial charge in [0.2, 0.25) is 0 Å². The molecule has 1 atom stereocenters. The average Bonchev–Trinajstić information content (AvgIpc) is 3.32. The fraction of sp³-hybridized carbons (Fsp3) is 0.667. The predicted molar refractivity (Wildman–Crippen MR) is 86.6 cm³/mol. The van der Waals surface area contributed by atoms with Crippen molar-refractivity contribution in [3.8, 4) is 5.75 Å². The van der Waals surface area contributed by atoms with Gasteiger partial charge in [0.05, 0.1) is 6.61 Å². The van der Waals surface area contributed by atoms with Gasteiger partial charge in [-0.15, -0.1) is 0 Å². The molecule has 1 saturated heterocycles. The van der Waals surface area contributed by atoms with E-state index in [1.807, 2.05) is 0 Å². The largest absolute Gasteiger partial charge is 0.493 e. The molecule has 2 fully saturated rings. The first-order valence-electron chi connectivity index (χ1n) is 8.42. The molecular weight excluding hydrogens is 260 g/mol. The summed E-state index contributed by atoms with van der Waals surface area (Å²) < 4.78 is 5.80. The van der Waals surface area contributed by atoms with Crippen LogP contribution in [0, 0.1) is 11.8 Å². The molecule has 1 N–H and O–H groups in total. The molecule has 2 aliphatic rings. The molecule has 0 aromatic heterocycles. The van der Waals surface area contributed by atoms with Crippen molar-refractivity contribution in [2.45, 2.75) is 32.2 Å². The number of benzene rings is 1. The van der Waals surface area contributed by atoms with Gasteiger partial charge in [0.25, 0.3) is 0 Å². The van der Waals surface area contributed by atoms with Crippen molar-refractivity contribution in [2.75, 3.05) is 33.3 Å². The van der Waals surface area contributed by atoms with Gasteiger partial charge in [0, 0.05) is 13.1 Å². The van der Waals surface area contributed by atoms with Gasteiger partial charge in [-0.25, -0.2) is 0 Å². The van der Waals surface area contributed by atoms with Crippen molar-refractivity contribution < 1.29 is 4.74 Å². The molecule has 1 aromatic rings. The maximum Gasteiger partial charge on any atom is 0.119 e.